The molecule has 1 aliphatic rings. The summed E-state index contributed by atoms with van der Waals surface area (Å²) < 4.78 is 0. The Bertz CT molecular complexity index is 1270. The molecule has 1 amide bonds. The number of aromatic amines is 1. The molecule has 0 bridgehead atoms. The molecule has 6 nitrogen and oxygen atoms in total. The van der Waals surface area contributed by atoms with Gasteiger partial charge >= 0.3 is 0 Å². The van der Waals surface area contributed by atoms with Gasteiger partial charge in [0.15, 0.2) is 0 Å². The summed E-state index contributed by atoms with van der Waals surface area (Å²) in [5, 5.41) is 5.75. The van der Waals surface area contributed by atoms with E-state index in [1.807, 2.05) is 59.5 Å². The lowest BCUT2D eigenvalue weighted by Crippen LogP contribution is -2.27. The van der Waals surface area contributed by atoms with E-state index in [0.29, 0.717) is 16.6 Å². The summed E-state index contributed by atoms with van der Waals surface area (Å²) in [6.07, 6.45) is 3.83. The van der Waals surface area contributed by atoms with Gasteiger partial charge in [-0.3, -0.25) is 9.59 Å². The number of hydrogen-bond donors (Lipinski definition) is 2. The lowest BCUT2D eigenvalue weighted by Gasteiger charge is -2.16. The number of carbonyl (C=O) groups is 1. The van der Waals surface area contributed by atoms with Crippen LogP contribution < -0.4 is 10.9 Å². The van der Waals surface area contributed by atoms with E-state index in [2.05, 4.69) is 15.3 Å². The summed E-state index contributed by atoms with van der Waals surface area (Å²) in [4.78, 5) is 33.9. The minimum absolute atomic E-state index is 0.0898. The summed E-state index contributed by atoms with van der Waals surface area (Å²) in [7, 11) is 0. The molecule has 5 rings (SSSR count). The molecule has 1 fully saturated rings. The van der Waals surface area contributed by atoms with E-state index in [-0.39, 0.29) is 11.5 Å². The van der Waals surface area contributed by atoms with Gasteiger partial charge in [0.1, 0.15) is 5.65 Å². The largest absolute Gasteiger partial charge is 0.355 e. The number of fused-ring (bicyclic) bond motifs is 3. The first-order chi connectivity index (χ1) is 14.2. The van der Waals surface area contributed by atoms with Crippen molar-refractivity contribution in [3.8, 4) is 0 Å². The highest BCUT2D eigenvalue weighted by Gasteiger charge is 2.19. The molecule has 3 heterocycles. The fourth-order valence-electron chi connectivity index (χ4n) is 3.96. The zero-order valence-electron chi connectivity index (χ0n) is 15.8. The van der Waals surface area contributed by atoms with E-state index in [1.165, 1.54) is 0 Å². The van der Waals surface area contributed by atoms with Crippen LogP contribution in [0.2, 0.25) is 0 Å². The standard InChI is InChI=1S/C23H20N4O2/c28-22-18-6-2-1-5-17(18)20-19(11-12-24-21(20)26-22)25-16-9-7-15(8-10-16)23(29)27-13-3-4-14-27/h1-2,5-12H,3-4,13-14H2,(H2,24,25,26,28). The van der Waals surface area contributed by atoms with Crippen molar-refractivity contribution < 1.29 is 4.79 Å². The zero-order chi connectivity index (χ0) is 19.8. The first kappa shape index (κ1) is 17.4. The molecule has 2 aromatic carbocycles. The van der Waals surface area contributed by atoms with Crippen molar-refractivity contribution in [1.82, 2.24) is 14.9 Å². The minimum atomic E-state index is -0.150. The molecule has 2 aromatic heterocycles. The molecule has 144 valence electrons. The van der Waals surface area contributed by atoms with Crippen LogP contribution in [-0.2, 0) is 0 Å². The average molecular weight is 384 g/mol. The van der Waals surface area contributed by atoms with Gasteiger partial charge in [0, 0.05) is 46.7 Å². The number of amides is 1. The van der Waals surface area contributed by atoms with Crippen LogP contribution in [0.5, 0.6) is 0 Å². The van der Waals surface area contributed by atoms with E-state index < -0.39 is 0 Å². The Balaban J connectivity index is 1.51. The molecule has 29 heavy (non-hydrogen) atoms. The normalized spacial score (nSPS) is 13.9. The van der Waals surface area contributed by atoms with Gasteiger partial charge in [0.2, 0.25) is 0 Å². The average Bonchev–Trinajstić information content (AvgIpc) is 3.29. The van der Waals surface area contributed by atoms with Gasteiger partial charge in [-0.1, -0.05) is 18.2 Å². The van der Waals surface area contributed by atoms with Gasteiger partial charge in [0.05, 0.1) is 5.69 Å². The quantitative estimate of drug-likeness (QED) is 0.522. The molecule has 0 spiro atoms. The van der Waals surface area contributed by atoms with E-state index in [4.69, 9.17) is 0 Å². The van der Waals surface area contributed by atoms with Crippen LogP contribution in [0, 0.1) is 0 Å². The molecule has 0 aliphatic carbocycles. The third-order valence-electron chi connectivity index (χ3n) is 5.43. The molecule has 2 N–H and O–H groups in total. The Morgan fingerprint density at radius 2 is 1.69 bits per heavy atom. The minimum Gasteiger partial charge on any atom is -0.355 e. The van der Waals surface area contributed by atoms with Crippen LogP contribution >= 0.6 is 0 Å². The summed E-state index contributed by atoms with van der Waals surface area (Å²) in [5.74, 6) is 0.0898. The summed E-state index contributed by atoms with van der Waals surface area (Å²) in [6.45, 7) is 1.68. The number of nitrogens with one attached hydrogen (secondary N) is 2. The lowest BCUT2D eigenvalue weighted by molar-refractivity contribution is 0.0793. The number of pyridine rings is 2. The monoisotopic (exact) mass is 384 g/mol. The lowest BCUT2D eigenvalue weighted by atomic mass is 10.1. The number of carbonyl (C=O) groups excluding carboxylic acids is 1. The maximum absolute atomic E-state index is 12.5. The van der Waals surface area contributed by atoms with Crippen molar-refractivity contribution in [2.45, 2.75) is 12.8 Å². The number of rotatable bonds is 3. The molecular weight excluding hydrogens is 364 g/mol. The summed E-state index contributed by atoms with van der Waals surface area (Å²) >= 11 is 0. The van der Waals surface area contributed by atoms with Crippen molar-refractivity contribution in [2.24, 2.45) is 0 Å². The molecule has 4 aromatic rings. The fraction of sp³-hybridized carbons (Fsp3) is 0.174. The van der Waals surface area contributed by atoms with Gasteiger partial charge in [-0.25, -0.2) is 4.98 Å². The maximum atomic E-state index is 12.5. The van der Waals surface area contributed by atoms with E-state index in [1.54, 1.807) is 6.20 Å². The molecule has 1 saturated heterocycles. The number of nitrogens with zero attached hydrogens (tertiary/aromatic N) is 2. The Morgan fingerprint density at radius 3 is 2.45 bits per heavy atom. The predicted octanol–water partition coefficient (Wildman–Crippen LogP) is 4.06. The van der Waals surface area contributed by atoms with Gasteiger partial charge in [-0.05, 0) is 49.2 Å². The number of likely N-dealkylation sites (tertiary alicyclic amines) is 1. The van der Waals surface area contributed by atoms with Crippen LogP contribution in [0.4, 0.5) is 11.4 Å². The highest BCUT2D eigenvalue weighted by atomic mass is 16.2. The summed E-state index contributed by atoms with van der Waals surface area (Å²) in [5.41, 5.74) is 2.81. The van der Waals surface area contributed by atoms with Gasteiger partial charge < -0.3 is 15.2 Å². The van der Waals surface area contributed by atoms with Crippen LogP contribution in [0.1, 0.15) is 23.2 Å². The van der Waals surface area contributed by atoms with Crippen molar-refractivity contribution in [3.63, 3.8) is 0 Å². The predicted molar refractivity (Wildman–Crippen MR) is 115 cm³/mol. The van der Waals surface area contributed by atoms with Crippen LogP contribution in [-0.4, -0.2) is 33.9 Å². The van der Waals surface area contributed by atoms with Gasteiger partial charge in [0.25, 0.3) is 11.5 Å². The fourth-order valence-corrected chi connectivity index (χ4v) is 3.96. The number of H-pyrrole nitrogens is 1. The Hall–Kier alpha value is -3.67. The van der Waals surface area contributed by atoms with Crippen LogP contribution in [0.25, 0.3) is 21.8 Å². The van der Waals surface area contributed by atoms with E-state index in [0.717, 1.165) is 48.1 Å². The number of anilines is 2. The highest BCUT2D eigenvalue weighted by molar-refractivity contribution is 6.10. The summed E-state index contributed by atoms with van der Waals surface area (Å²) in [6, 6.07) is 16.9. The second kappa shape index (κ2) is 7.05. The Labute approximate surface area is 167 Å². The van der Waals surface area contributed by atoms with Crippen LogP contribution in [0.15, 0.2) is 65.6 Å². The maximum Gasteiger partial charge on any atom is 0.257 e. The third-order valence-corrected chi connectivity index (χ3v) is 5.43. The topological polar surface area (TPSA) is 78.1 Å². The smallest absolute Gasteiger partial charge is 0.257 e. The first-order valence-electron chi connectivity index (χ1n) is 9.77. The van der Waals surface area contributed by atoms with Crippen molar-refractivity contribution in [1.29, 1.82) is 0 Å². The SMILES string of the molecule is O=C(c1ccc(Nc2ccnc3[nH]c(=O)c4ccccc4c23)cc1)N1CCCC1. The van der Waals surface area contributed by atoms with Gasteiger partial charge in [-0.15, -0.1) is 0 Å². The van der Waals surface area contributed by atoms with Gasteiger partial charge in [-0.2, -0.15) is 0 Å². The molecule has 1 aliphatic heterocycles. The highest BCUT2D eigenvalue weighted by Crippen LogP contribution is 2.29. The Morgan fingerprint density at radius 1 is 0.966 bits per heavy atom. The second-order valence-electron chi connectivity index (χ2n) is 7.28. The van der Waals surface area contributed by atoms with Crippen molar-refractivity contribution in [3.05, 3.63) is 76.7 Å². The van der Waals surface area contributed by atoms with Crippen molar-refractivity contribution >= 4 is 39.1 Å². The number of hydrogen-bond acceptors (Lipinski definition) is 4. The van der Waals surface area contributed by atoms with Crippen molar-refractivity contribution in [2.75, 3.05) is 18.4 Å². The third kappa shape index (κ3) is 3.12. The molecule has 0 atom stereocenters. The first-order valence-corrected chi connectivity index (χ1v) is 9.77. The van der Waals surface area contributed by atoms with E-state index in [9.17, 15) is 9.59 Å². The second-order valence-corrected chi connectivity index (χ2v) is 7.28. The molecule has 0 radical (unpaired) electrons. The molecule has 0 saturated carbocycles. The van der Waals surface area contributed by atoms with Crippen LogP contribution in [0.3, 0.4) is 0 Å². The molecular formula is C23H20N4O2. The molecule has 6 heteroatoms. The number of aromatic nitrogens is 2. The Kier molecular flexibility index (Phi) is 4.24. The number of benzene rings is 2. The zero-order valence-corrected chi connectivity index (χ0v) is 15.8. The van der Waals surface area contributed by atoms with E-state index >= 15 is 0 Å². The molecule has 0 unspecified atom stereocenters.